The standard InChI is InChI=1S/C21H21N7O7S2/c1-21(2,19(33)34)35-26-12(11-9-37-20(22)24-11)15(29)25-13-16(30)28-14(18(31)32)10(8-36-17(13)28)7-27-5-3-23-4-6-27/h3-6,9,13,17H,7-8H2,1-2H3,(H4-,22,24,25,29,31,32,33,34)/t13?,17-/m0/s1. The number of nitrogens with two attached hydrogens (primary N) is 1. The van der Waals surface area contributed by atoms with Gasteiger partial charge in [0, 0.05) is 16.7 Å². The fourth-order valence-corrected chi connectivity index (χ4v) is 5.36. The zero-order chi connectivity index (χ0) is 26.9. The number of carbonyl (C=O) groups is 4. The maximum Gasteiger partial charge on any atom is 0.350 e. The number of carboxylic acids is 2. The molecule has 16 heteroatoms. The Morgan fingerprint density at radius 2 is 2.08 bits per heavy atom. The van der Waals surface area contributed by atoms with Gasteiger partial charge in [0.05, 0.1) is 24.1 Å². The second-order valence-corrected chi connectivity index (χ2v) is 10.4. The van der Waals surface area contributed by atoms with E-state index in [-0.39, 0.29) is 34.5 Å². The van der Waals surface area contributed by atoms with Gasteiger partial charge in [0.1, 0.15) is 17.1 Å². The number of amides is 2. The van der Waals surface area contributed by atoms with Crippen molar-refractivity contribution in [2.75, 3.05) is 11.5 Å². The predicted octanol–water partition coefficient (Wildman–Crippen LogP) is -1.90. The monoisotopic (exact) mass is 547 g/mol. The third kappa shape index (κ3) is 5.24. The van der Waals surface area contributed by atoms with Gasteiger partial charge in [-0.15, -0.1) is 23.1 Å². The molecule has 37 heavy (non-hydrogen) atoms. The summed E-state index contributed by atoms with van der Waals surface area (Å²) in [5.74, 6) is -4.07. The van der Waals surface area contributed by atoms with Crippen LogP contribution in [0.25, 0.3) is 0 Å². The van der Waals surface area contributed by atoms with Crippen LogP contribution in [0.3, 0.4) is 0 Å². The fourth-order valence-electron chi connectivity index (χ4n) is 3.48. The summed E-state index contributed by atoms with van der Waals surface area (Å²) in [4.78, 5) is 63.5. The van der Waals surface area contributed by atoms with Gasteiger partial charge in [-0.05, 0) is 13.8 Å². The van der Waals surface area contributed by atoms with Gasteiger partial charge < -0.3 is 30.9 Å². The highest BCUT2D eigenvalue weighted by molar-refractivity contribution is 8.00. The second-order valence-electron chi connectivity index (χ2n) is 8.44. The molecule has 1 saturated heterocycles. The zero-order valence-corrected chi connectivity index (χ0v) is 21.1. The molecule has 14 nitrogen and oxygen atoms in total. The minimum Gasteiger partial charge on any atom is -0.543 e. The third-order valence-electron chi connectivity index (χ3n) is 5.45. The lowest BCUT2D eigenvalue weighted by atomic mass is 10.0. The number of fused-ring (bicyclic) bond motifs is 1. The largest absolute Gasteiger partial charge is 0.543 e. The molecule has 2 aliphatic rings. The van der Waals surface area contributed by atoms with E-state index in [2.05, 4.69) is 20.4 Å². The molecule has 1 fully saturated rings. The molecule has 2 amide bonds. The molecule has 2 atom stereocenters. The molecule has 0 spiro atoms. The number of nitrogens with one attached hydrogen (secondary N) is 1. The highest BCUT2D eigenvalue weighted by Gasteiger charge is 2.53. The highest BCUT2D eigenvalue weighted by atomic mass is 32.2. The summed E-state index contributed by atoms with van der Waals surface area (Å²) in [6.45, 7) is 2.70. The summed E-state index contributed by atoms with van der Waals surface area (Å²) in [5.41, 5.74) is 3.76. The average Bonchev–Trinajstić information content (AvgIpc) is 3.28. The summed E-state index contributed by atoms with van der Waals surface area (Å²) in [6, 6.07) is -1.07. The van der Waals surface area contributed by atoms with Crippen LogP contribution in [0.1, 0.15) is 19.5 Å². The number of carbonyl (C=O) groups excluding carboxylic acids is 3. The number of carboxylic acid groups (broad SMARTS) is 2. The zero-order valence-electron chi connectivity index (χ0n) is 19.5. The van der Waals surface area contributed by atoms with Crippen molar-refractivity contribution in [1.29, 1.82) is 0 Å². The first-order valence-corrected chi connectivity index (χ1v) is 12.6. The summed E-state index contributed by atoms with van der Waals surface area (Å²) in [7, 11) is 0. The number of nitrogens with zero attached hydrogens (tertiary/aromatic N) is 5. The molecule has 4 N–H and O–H groups in total. The lowest BCUT2D eigenvalue weighted by Gasteiger charge is -2.50. The van der Waals surface area contributed by atoms with Crippen molar-refractivity contribution in [3.8, 4) is 0 Å². The van der Waals surface area contributed by atoms with Gasteiger partial charge in [0.15, 0.2) is 29.8 Å². The number of anilines is 1. The first-order chi connectivity index (χ1) is 17.5. The minimum atomic E-state index is -1.76. The average molecular weight is 548 g/mol. The van der Waals surface area contributed by atoms with E-state index in [0.717, 1.165) is 16.2 Å². The first kappa shape index (κ1) is 26.0. The van der Waals surface area contributed by atoms with Crippen LogP contribution in [0.2, 0.25) is 0 Å². The van der Waals surface area contributed by atoms with E-state index in [0.29, 0.717) is 5.57 Å². The number of aliphatic carboxylic acids is 2. The molecular weight excluding hydrogens is 526 g/mol. The van der Waals surface area contributed by atoms with Gasteiger partial charge in [-0.2, -0.15) is 4.57 Å². The van der Waals surface area contributed by atoms with Crippen LogP contribution in [0.15, 0.2) is 46.6 Å². The van der Waals surface area contributed by atoms with Crippen LogP contribution in [0.5, 0.6) is 0 Å². The lowest BCUT2D eigenvalue weighted by Crippen LogP contribution is -2.71. The quantitative estimate of drug-likeness (QED) is 0.137. The van der Waals surface area contributed by atoms with E-state index in [9.17, 15) is 29.4 Å². The molecule has 0 radical (unpaired) electrons. The van der Waals surface area contributed by atoms with E-state index in [1.165, 1.54) is 31.0 Å². The molecule has 4 heterocycles. The molecule has 0 aromatic carbocycles. The number of thiazole rings is 1. The SMILES string of the molecule is CC(C)(ON=C(C(=O)NC1C(=O)N2C(C(=O)[O-])=C(C[n+]3ccncc3)CS[C@@H]12)c1csc(N)n1)C(=O)O. The Morgan fingerprint density at radius 1 is 1.38 bits per heavy atom. The molecule has 0 saturated carbocycles. The van der Waals surface area contributed by atoms with Gasteiger partial charge in [-0.1, -0.05) is 5.16 Å². The topological polar surface area (TPSA) is 204 Å². The van der Waals surface area contributed by atoms with E-state index >= 15 is 0 Å². The molecular formula is C21H21N7O7S2. The maximum atomic E-state index is 13.1. The van der Waals surface area contributed by atoms with Crippen molar-refractivity contribution in [3.05, 3.63) is 47.1 Å². The van der Waals surface area contributed by atoms with Crippen LogP contribution in [0.4, 0.5) is 5.13 Å². The number of nitrogen functional groups attached to an aromatic ring is 1. The number of oxime groups is 1. The molecule has 2 aliphatic heterocycles. The third-order valence-corrected chi connectivity index (χ3v) is 7.46. The Bertz CT molecular complexity index is 1330. The van der Waals surface area contributed by atoms with Crippen LogP contribution < -0.4 is 20.7 Å². The Kier molecular flexibility index (Phi) is 7.13. The van der Waals surface area contributed by atoms with E-state index in [4.69, 9.17) is 10.6 Å². The molecule has 194 valence electrons. The van der Waals surface area contributed by atoms with Crippen LogP contribution in [-0.2, 0) is 30.6 Å². The molecule has 1 unspecified atom stereocenters. The van der Waals surface area contributed by atoms with Crippen LogP contribution in [0, 0.1) is 0 Å². The predicted molar refractivity (Wildman–Crippen MR) is 127 cm³/mol. The van der Waals surface area contributed by atoms with Crippen molar-refractivity contribution in [2.24, 2.45) is 5.16 Å². The molecule has 0 bridgehead atoms. The maximum absolute atomic E-state index is 13.1. The number of aromatic nitrogens is 3. The Labute approximate surface area is 217 Å². The number of thioether (sulfide) groups is 1. The Balaban J connectivity index is 1.55. The smallest absolute Gasteiger partial charge is 0.350 e. The van der Waals surface area contributed by atoms with Gasteiger partial charge in [-0.3, -0.25) is 19.5 Å². The molecule has 4 rings (SSSR count). The summed E-state index contributed by atoms with van der Waals surface area (Å²) >= 11 is 2.30. The number of hydrogen-bond acceptors (Lipinski definition) is 12. The van der Waals surface area contributed by atoms with Crippen molar-refractivity contribution in [1.82, 2.24) is 20.2 Å². The number of rotatable bonds is 9. The normalized spacial score (nSPS) is 19.7. The minimum absolute atomic E-state index is 0.0214. The fraction of sp³-hybridized carbons (Fsp3) is 0.333. The van der Waals surface area contributed by atoms with Crippen molar-refractivity contribution >= 4 is 57.7 Å². The Hall–Kier alpha value is -4.05. The van der Waals surface area contributed by atoms with E-state index < -0.39 is 40.8 Å². The van der Waals surface area contributed by atoms with Gasteiger partial charge in [0.2, 0.25) is 5.60 Å². The van der Waals surface area contributed by atoms with Crippen LogP contribution >= 0.6 is 23.1 Å². The summed E-state index contributed by atoms with van der Waals surface area (Å²) in [5, 5.41) is 28.3. The van der Waals surface area contributed by atoms with Crippen molar-refractivity contribution in [2.45, 2.75) is 37.4 Å². The Morgan fingerprint density at radius 3 is 2.68 bits per heavy atom. The van der Waals surface area contributed by atoms with Gasteiger partial charge >= 0.3 is 5.97 Å². The second kappa shape index (κ2) is 10.1. The number of β-lactam (4-membered cyclic amide) rings is 1. The summed E-state index contributed by atoms with van der Waals surface area (Å²) in [6.07, 6.45) is 6.43. The number of hydrogen-bond donors (Lipinski definition) is 3. The van der Waals surface area contributed by atoms with Crippen molar-refractivity contribution < 1.29 is 38.8 Å². The molecule has 2 aromatic rings. The molecule has 0 aliphatic carbocycles. The first-order valence-electron chi connectivity index (χ1n) is 10.7. The van der Waals surface area contributed by atoms with Crippen LogP contribution in [-0.4, -0.2) is 72.2 Å². The molecule has 2 aromatic heterocycles. The van der Waals surface area contributed by atoms with Gasteiger partial charge in [0.25, 0.3) is 11.8 Å². The van der Waals surface area contributed by atoms with Gasteiger partial charge in [-0.25, -0.2) is 9.78 Å². The lowest BCUT2D eigenvalue weighted by molar-refractivity contribution is -0.689. The summed E-state index contributed by atoms with van der Waals surface area (Å²) < 4.78 is 1.72. The van der Waals surface area contributed by atoms with E-state index in [1.54, 1.807) is 29.4 Å². The highest BCUT2D eigenvalue weighted by Crippen LogP contribution is 2.40. The van der Waals surface area contributed by atoms with Crippen molar-refractivity contribution in [3.63, 3.8) is 0 Å². The van der Waals surface area contributed by atoms with E-state index in [1.807, 2.05) is 0 Å².